The van der Waals surface area contributed by atoms with E-state index >= 15 is 0 Å². The smallest absolute Gasteiger partial charge is 0.244 e. The summed E-state index contributed by atoms with van der Waals surface area (Å²) < 4.78 is 1.11. The zero-order chi connectivity index (χ0) is 16.2. The van der Waals surface area contributed by atoms with E-state index in [2.05, 4.69) is 10.3 Å². The van der Waals surface area contributed by atoms with E-state index in [1.54, 1.807) is 29.8 Å². The number of pyridine rings is 1. The molecule has 0 saturated heterocycles. The Kier molecular flexibility index (Phi) is 4.74. The Morgan fingerprint density at radius 2 is 2.00 bits per heavy atom. The average Bonchev–Trinajstić information content (AvgIpc) is 2.90. The normalized spacial score (nSPS) is 12.6. The van der Waals surface area contributed by atoms with E-state index in [4.69, 9.17) is 11.6 Å². The molecule has 1 amide bonds. The second-order valence-electron chi connectivity index (χ2n) is 5.12. The number of nitrogens with one attached hydrogen (secondary N) is 1. The molecule has 0 saturated carbocycles. The van der Waals surface area contributed by atoms with E-state index in [0.29, 0.717) is 5.02 Å². The summed E-state index contributed by atoms with van der Waals surface area (Å²) in [6, 6.07) is 11.6. The number of hydrogen-bond donors (Lipinski definition) is 1. The van der Waals surface area contributed by atoms with Crippen LogP contribution in [0.1, 0.15) is 23.4 Å². The highest BCUT2D eigenvalue weighted by Gasteiger charge is 2.09. The molecule has 0 aliphatic carbocycles. The fourth-order valence-electron chi connectivity index (χ4n) is 2.29. The molecule has 116 valence electrons. The van der Waals surface area contributed by atoms with Crippen LogP contribution in [0.4, 0.5) is 0 Å². The highest BCUT2D eigenvalue weighted by Crippen LogP contribution is 2.35. The van der Waals surface area contributed by atoms with Gasteiger partial charge in [0.1, 0.15) is 0 Å². The minimum absolute atomic E-state index is 0.0759. The van der Waals surface area contributed by atoms with Crippen molar-refractivity contribution in [1.82, 2.24) is 10.3 Å². The van der Waals surface area contributed by atoms with Crippen LogP contribution in [0, 0.1) is 0 Å². The quantitative estimate of drug-likeness (QED) is 0.689. The minimum atomic E-state index is -0.150. The summed E-state index contributed by atoms with van der Waals surface area (Å²) in [7, 11) is 0. The van der Waals surface area contributed by atoms with Crippen molar-refractivity contribution < 1.29 is 4.79 Å². The summed E-state index contributed by atoms with van der Waals surface area (Å²) in [6.07, 6.45) is 6.71. The third-order valence-electron chi connectivity index (χ3n) is 3.51. The average molecular weight is 343 g/mol. The van der Waals surface area contributed by atoms with Crippen LogP contribution in [0.15, 0.2) is 54.9 Å². The summed E-state index contributed by atoms with van der Waals surface area (Å²) in [5.74, 6) is -0.150. The Morgan fingerprint density at radius 1 is 1.26 bits per heavy atom. The van der Waals surface area contributed by atoms with E-state index in [0.717, 1.165) is 20.5 Å². The number of carbonyl (C=O) groups is 1. The molecular formula is C18H15ClN2OS. The van der Waals surface area contributed by atoms with Gasteiger partial charge in [-0.15, -0.1) is 11.3 Å². The first kappa shape index (κ1) is 15.7. The van der Waals surface area contributed by atoms with Crippen LogP contribution in [0.3, 0.4) is 0 Å². The van der Waals surface area contributed by atoms with Gasteiger partial charge in [0.15, 0.2) is 0 Å². The molecule has 1 aromatic carbocycles. The van der Waals surface area contributed by atoms with Gasteiger partial charge in [-0.25, -0.2) is 0 Å². The van der Waals surface area contributed by atoms with Crippen LogP contribution in [-0.4, -0.2) is 10.9 Å². The van der Waals surface area contributed by atoms with E-state index in [1.165, 1.54) is 6.08 Å². The number of fused-ring (bicyclic) bond motifs is 1. The molecule has 2 heterocycles. The monoisotopic (exact) mass is 342 g/mol. The lowest BCUT2D eigenvalue weighted by molar-refractivity contribution is -0.117. The summed E-state index contributed by atoms with van der Waals surface area (Å²) in [5, 5.41) is 4.64. The zero-order valence-corrected chi connectivity index (χ0v) is 14.1. The Labute approximate surface area is 143 Å². The predicted molar refractivity (Wildman–Crippen MR) is 96.7 cm³/mol. The molecule has 0 aliphatic heterocycles. The first-order valence-electron chi connectivity index (χ1n) is 7.20. The first-order valence-corrected chi connectivity index (χ1v) is 8.40. The number of thiophene rings is 1. The number of hydrogen-bond acceptors (Lipinski definition) is 3. The maximum atomic E-state index is 12.1. The van der Waals surface area contributed by atoms with Crippen molar-refractivity contribution in [3.05, 3.63) is 70.3 Å². The standard InChI is InChI=1S/C18H15ClN2OS/c1-12(13-8-10-20-11-9-13)21-17(22)7-6-16-18(19)14-4-2-3-5-15(14)23-16/h2-12H,1H3,(H,21,22). The van der Waals surface area contributed by atoms with Gasteiger partial charge in [0.2, 0.25) is 5.91 Å². The molecule has 2 aromatic heterocycles. The van der Waals surface area contributed by atoms with Crippen molar-refractivity contribution in [1.29, 1.82) is 0 Å². The van der Waals surface area contributed by atoms with Crippen molar-refractivity contribution in [2.75, 3.05) is 0 Å². The molecule has 0 bridgehead atoms. The molecule has 0 fully saturated rings. The highest BCUT2D eigenvalue weighted by atomic mass is 35.5. The molecule has 0 aliphatic rings. The molecule has 0 radical (unpaired) electrons. The maximum absolute atomic E-state index is 12.1. The fraction of sp³-hybridized carbons (Fsp3) is 0.111. The van der Waals surface area contributed by atoms with Crippen LogP contribution in [0.2, 0.25) is 5.02 Å². The van der Waals surface area contributed by atoms with E-state index in [-0.39, 0.29) is 11.9 Å². The van der Waals surface area contributed by atoms with Gasteiger partial charge in [0.05, 0.1) is 11.1 Å². The minimum Gasteiger partial charge on any atom is -0.346 e. The third-order valence-corrected chi connectivity index (χ3v) is 5.17. The number of amides is 1. The molecule has 5 heteroatoms. The van der Waals surface area contributed by atoms with Crippen LogP contribution < -0.4 is 5.32 Å². The van der Waals surface area contributed by atoms with Gasteiger partial charge in [-0.2, -0.15) is 0 Å². The van der Waals surface area contributed by atoms with Crippen molar-refractivity contribution in [2.24, 2.45) is 0 Å². The van der Waals surface area contributed by atoms with Crippen molar-refractivity contribution in [2.45, 2.75) is 13.0 Å². The Balaban J connectivity index is 1.71. The molecule has 1 atom stereocenters. The molecule has 0 spiro atoms. The Morgan fingerprint density at radius 3 is 2.74 bits per heavy atom. The van der Waals surface area contributed by atoms with Gasteiger partial charge in [-0.05, 0) is 36.8 Å². The number of halogens is 1. The van der Waals surface area contributed by atoms with Crippen LogP contribution >= 0.6 is 22.9 Å². The van der Waals surface area contributed by atoms with Gasteiger partial charge in [-0.3, -0.25) is 9.78 Å². The van der Waals surface area contributed by atoms with Crippen LogP contribution in [0.5, 0.6) is 0 Å². The van der Waals surface area contributed by atoms with Gasteiger partial charge in [-0.1, -0.05) is 29.8 Å². The molecular weight excluding hydrogens is 328 g/mol. The second kappa shape index (κ2) is 6.94. The number of benzene rings is 1. The summed E-state index contributed by atoms with van der Waals surface area (Å²) in [4.78, 5) is 16.9. The number of rotatable bonds is 4. The van der Waals surface area contributed by atoms with Gasteiger partial charge < -0.3 is 5.32 Å². The van der Waals surface area contributed by atoms with Crippen molar-refractivity contribution in [3.63, 3.8) is 0 Å². The second-order valence-corrected chi connectivity index (χ2v) is 6.58. The lowest BCUT2D eigenvalue weighted by atomic mass is 10.1. The van der Waals surface area contributed by atoms with Gasteiger partial charge in [0.25, 0.3) is 0 Å². The molecule has 1 unspecified atom stereocenters. The highest BCUT2D eigenvalue weighted by molar-refractivity contribution is 7.20. The lowest BCUT2D eigenvalue weighted by Crippen LogP contribution is -2.24. The summed E-state index contributed by atoms with van der Waals surface area (Å²) >= 11 is 7.94. The number of nitrogens with zero attached hydrogens (tertiary/aromatic N) is 1. The van der Waals surface area contributed by atoms with Crippen LogP contribution in [0.25, 0.3) is 16.2 Å². The molecule has 3 rings (SSSR count). The van der Waals surface area contributed by atoms with Gasteiger partial charge >= 0.3 is 0 Å². The lowest BCUT2D eigenvalue weighted by Gasteiger charge is -2.12. The number of aromatic nitrogens is 1. The SMILES string of the molecule is CC(NC(=O)C=Cc1sc2ccccc2c1Cl)c1ccncc1. The molecule has 3 nitrogen and oxygen atoms in total. The van der Waals surface area contributed by atoms with Crippen molar-refractivity contribution in [3.8, 4) is 0 Å². The first-order chi connectivity index (χ1) is 11.1. The molecule has 23 heavy (non-hydrogen) atoms. The molecule has 3 aromatic rings. The van der Waals surface area contributed by atoms with E-state index in [1.807, 2.05) is 43.3 Å². The summed E-state index contributed by atoms with van der Waals surface area (Å²) in [6.45, 7) is 1.94. The maximum Gasteiger partial charge on any atom is 0.244 e. The fourth-order valence-corrected chi connectivity index (χ4v) is 3.69. The topological polar surface area (TPSA) is 42.0 Å². The third kappa shape index (κ3) is 3.60. The van der Waals surface area contributed by atoms with Crippen LogP contribution in [-0.2, 0) is 4.79 Å². The Bertz CT molecular complexity index is 858. The number of carbonyl (C=O) groups excluding carboxylic acids is 1. The van der Waals surface area contributed by atoms with E-state index in [9.17, 15) is 4.79 Å². The Hall–Kier alpha value is -2.17. The predicted octanol–water partition coefficient (Wildman–Crippen LogP) is 4.84. The largest absolute Gasteiger partial charge is 0.346 e. The zero-order valence-electron chi connectivity index (χ0n) is 12.5. The summed E-state index contributed by atoms with van der Waals surface area (Å²) in [5.41, 5.74) is 1.02. The van der Waals surface area contributed by atoms with Crippen molar-refractivity contribution >= 4 is 45.0 Å². The van der Waals surface area contributed by atoms with Gasteiger partial charge in [0, 0.05) is 33.4 Å². The molecule has 1 N–H and O–H groups in total. The van der Waals surface area contributed by atoms with E-state index < -0.39 is 0 Å².